The van der Waals surface area contributed by atoms with E-state index in [2.05, 4.69) is 45.0 Å². The zero-order valence-electron chi connectivity index (χ0n) is 16.3. The highest BCUT2D eigenvalue weighted by atomic mass is 127. The number of ether oxygens (including phenoxy) is 2. The molecule has 1 aromatic heterocycles. The molecule has 0 amide bonds. The van der Waals surface area contributed by atoms with Crippen LogP contribution in [0.4, 0.5) is 0 Å². The van der Waals surface area contributed by atoms with Crippen LogP contribution in [-0.2, 0) is 22.6 Å². The van der Waals surface area contributed by atoms with Gasteiger partial charge >= 0.3 is 0 Å². The van der Waals surface area contributed by atoms with Crippen molar-refractivity contribution >= 4 is 29.9 Å². The number of aliphatic imine (C=N–C) groups is 1. The van der Waals surface area contributed by atoms with Crippen LogP contribution in [0.2, 0.25) is 0 Å². The van der Waals surface area contributed by atoms with Gasteiger partial charge in [0.25, 0.3) is 0 Å². The first-order valence-electron chi connectivity index (χ1n) is 9.53. The summed E-state index contributed by atoms with van der Waals surface area (Å²) in [5, 5.41) is 11.0. The van der Waals surface area contributed by atoms with Gasteiger partial charge in [0.2, 0.25) is 0 Å². The minimum atomic E-state index is 0. The van der Waals surface area contributed by atoms with Crippen molar-refractivity contribution in [3.8, 4) is 0 Å². The molecule has 2 N–H and O–H groups in total. The van der Waals surface area contributed by atoms with Crippen LogP contribution in [0.3, 0.4) is 0 Å². The van der Waals surface area contributed by atoms with Crippen LogP contribution in [0.25, 0.3) is 0 Å². The first-order chi connectivity index (χ1) is 13.3. The summed E-state index contributed by atoms with van der Waals surface area (Å²) in [4.78, 5) is 4.30. The molecule has 1 aliphatic rings. The van der Waals surface area contributed by atoms with Gasteiger partial charge in [-0.15, -0.1) is 24.0 Å². The van der Waals surface area contributed by atoms with E-state index < -0.39 is 0 Å². The van der Waals surface area contributed by atoms with Gasteiger partial charge in [-0.3, -0.25) is 9.67 Å². The number of rotatable bonds is 9. The molecule has 0 saturated carbocycles. The second-order valence-corrected chi connectivity index (χ2v) is 6.53. The molecule has 8 heteroatoms. The molecule has 0 radical (unpaired) electrons. The Morgan fingerprint density at radius 1 is 1.29 bits per heavy atom. The van der Waals surface area contributed by atoms with Crippen LogP contribution in [0.5, 0.6) is 0 Å². The number of hydrogen-bond donors (Lipinski definition) is 2. The van der Waals surface area contributed by atoms with Gasteiger partial charge in [-0.25, -0.2) is 0 Å². The van der Waals surface area contributed by atoms with Gasteiger partial charge in [-0.2, -0.15) is 5.10 Å². The molecule has 3 rings (SSSR count). The molecule has 7 nitrogen and oxygen atoms in total. The summed E-state index contributed by atoms with van der Waals surface area (Å²) in [7, 11) is 1.79. The Kier molecular flexibility index (Phi) is 10.3. The van der Waals surface area contributed by atoms with Crippen molar-refractivity contribution in [1.29, 1.82) is 0 Å². The zero-order valence-corrected chi connectivity index (χ0v) is 18.7. The maximum absolute atomic E-state index is 5.78. The molecule has 154 valence electrons. The summed E-state index contributed by atoms with van der Waals surface area (Å²) in [5.41, 5.74) is 2.48. The predicted octanol–water partition coefficient (Wildman–Crippen LogP) is 2.41. The molecule has 2 heterocycles. The van der Waals surface area contributed by atoms with Gasteiger partial charge in [0, 0.05) is 45.7 Å². The smallest absolute Gasteiger partial charge is 0.191 e. The van der Waals surface area contributed by atoms with Crippen LogP contribution in [0.15, 0.2) is 47.7 Å². The van der Waals surface area contributed by atoms with Gasteiger partial charge in [0.1, 0.15) is 0 Å². The lowest BCUT2D eigenvalue weighted by molar-refractivity contribution is 0.0420. The molecule has 0 bridgehead atoms. The van der Waals surface area contributed by atoms with E-state index in [1.807, 2.05) is 16.9 Å². The number of nitrogens with one attached hydrogen (secondary N) is 2. The lowest BCUT2D eigenvalue weighted by atomic mass is 10.1. The minimum absolute atomic E-state index is 0. The van der Waals surface area contributed by atoms with Crippen molar-refractivity contribution in [1.82, 2.24) is 20.4 Å². The van der Waals surface area contributed by atoms with Crippen molar-refractivity contribution in [2.24, 2.45) is 4.99 Å². The van der Waals surface area contributed by atoms with E-state index in [9.17, 15) is 0 Å². The monoisotopic (exact) mass is 499 g/mol. The minimum Gasteiger partial charge on any atom is -0.379 e. The summed E-state index contributed by atoms with van der Waals surface area (Å²) in [6.45, 7) is 4.59. The predicted molar refractivity (Wildman–Crippen MR) is 121 cm³/mol. The maximum Gasteiger partial charge on any atom is 0.191 e. The van der Waals surface area contributed by atoms with Crippen molar-refractivity contribution in [3.63, 3.8) is 0 Å². The summed E-state index contributed by atoms with van der Waals surface area (Å²) in [6, 6.07) is 10.3. The molecule has 0 aliphatic carbocycles. The maximum atomic E-state index is 5.78. The number of aromatic nitrogens is 2. The van der Waals surface area contributed by atoms with Crippen molar-refractivity contribution in [2.75, 3.05) is 33.4 Å². The first-order valence-corrected chi connectivity index (χ1v) is 9.53. The van der Waals surface area contributed by atoms with E-state index in [0.29, 0.717) is 6.54 Å². The van der Waals surface area contributed by atoms with Gasteiger partial charge in [-0.1, -0.05) is 24.3 Å². The first kappa shape index (κ1) is 22.6. The van der Waals surface area contributed by atoms with E-state index in [-0.39, 0.29) is 30.1 Å². The van der Waals surface area contributed by atoms with Gasteiger partial charge in [0.05, 0.1) is 19.3 Å². The summed E-state index contributed by atoms with van der Waals surface area (Å²) < 4.78 is 13.0. The van der Waals surface area contributed by atoms with Crippen LogP contribution >= 0.6 is 24.0 Å². The average molecular weight is 499 g/mol. The Balaban J connectivity index is 0.00000280. The summed E-state index contributed by atoms with van der Waals surface area (Å²) >= 11 is 0. The van der Waals surface area contributed by atoms with Crippen molar-refractivity contribution < 1.29 is 9.47 Å². The second-order valence-electron chi connectivity index (χ2n) is 6.53. The molecular formula is C20H30IN5O2. The average Bonchev–Trinajstić information content (AvgIpc) is 3.39. The van der Waals surface area contributed by atoms with Crippen molar-refractivity contribution in [3.05, 3.63) is 53.9 Å². The van der Waals surface area contributed by atoms with E-state index in [1.165, 1.54) is 11.1 Å². The fourth-order valence-corrected chi connectivity index (χ4v) is 3.03. The summed E-state index contributed by atoms with van der Waals surface area (Å²) in [6.07, 6.45) is 6.00. The molecule has 1 atom stereocenters. The lowest BCUT2D eigenvalue weighted by Gasteiger charge is -2.15. The van der Waals surface area contributed by atoms with Crippen LogP contribution in [0, 0.1) is 0 Å². The van der Waals surface area contributed by atoms with Crippen LogP contribution in [-0.4, -0.2) is 55.3 Å². The molecule has 28 heavy (non-hydrogen) atoms. The molecule has 1 fully saturated rings. The quantitative estimate of drug-likeness (QED) is 0.240. The SMILES string of the molecule is CN=C(NCCCOC1CCOC1)NCc1ccccc1Cn1cccn1.I. The third-order valence-corrected chi connectivity index (χ3v) is 4.53. The van der Waals surface area contributed by atoms with Crippen LogP contribution in [0.1, 0.15) is 24.0 Å². The molecule has 1 aliphatic heterocycles. The number of nitrogens with zero attached hydrogens (tertiary/aromatic N) is 3. The Morgan fingerprint density at radius 3 is 2.86 bits per heavy atom. The largest absolute Gasteiger partial charge is 0.379 e. The highest BCUT2D eigenvalue weighted by Crippen LogP contribution is 2.10. The molecule has 1 saturated heterocycles. The summed E-state index contributed by atoms with van der Waals surface area (Å²) in [5.74, 6) is 0.799. The van der Waals surface area contributed by atoms with Gasteiger partial charge in [0.15, 0.2) is 5.96 Å². The Hall–Kier alpha value is -1.65. The van der Waals surface area contributed by atoms with Crippen molar-refractivity contribution in [2.45, 2.75) is 32.0 Å². The number of halogens is 1. The fourth-order valence-electron chi connectivity index (χ4n) is 3.03. The number of benzene rings is 1. The zero-order chi connectivity index (χ0) is 18.7. The lowest BCUT2D eigenvalue weighted by Crippen LogP contribution is -2.37. The van der Waals surface area contributed by atoms with Gasteiger partial charge in [-0.05, 0) is 30.0 Å². The van der Waals surface area contributed by atoms with E-state index in [0.717, 1.165) is 51.7 Å². The Morgan fingerprint density at radius 2 is 2.14 bits per heavy atom. The molecular weight excluding hydrogens is 469 g/mol. The Labute approximate surface area is 183 Å². The molecule has 1 unspecified atom stereocenters. The Bertz CT molecular complexity index is 702. The molecule has 0 spiro atoms. The molecule has 1 aromatic carbocycles. The number of guanidine groups is 1. The third kappa shape index (κ3) is 7.40. The second kappa shape index (κ2) is 12.7. The topological polar surface area (TPSA) is 72.7 Å². The highest BCUT2D eigenvalue weighted by Gasteiger charge is 2.15. The van der Waals surface area contributed by atoms with Gasteiger partial charge < -0.3 is 20.1 Å². The fraction of sp³-hybridized carbons (Fsp3) is 0.500. The number of hydrogen-bond acceptors (Lipinski definition) is 4. The normalized spacial score (nSPS) is 16.6. The van der Waals surface area contributed by atoms with E-state index in [4.69, 9.17) is 9.47 Å². The molecule has 2 aromatic rings. The van der Waals surface area contributed by atoms with E-state index >= 15 is 0 Å². The standard InChI is InChI=1S/C20H29N5O2.HI/c1-21-20(22-9-5-12-27-19-8-13-26-16-19)23-14-17-6-2-3-7-18(17)15-25-11-4-10-24-25;/h2-4,6-7,10-11,19H,5,8-9,12-16H2,1H3,(H2,21,22,23);1H. The highest BCUT2D eigenvalue weighted by molar-refractivity contribution is 14.0. The van der Waals surface area contributed by atoms with Crippen LogP contribution < -0.4 is 10.6 Å². The third-order valence-electron chi connectivity index (χ3n) is 4.53. The van der Waals surface area contributed by atoms with E-state index in [1.54, 1.807) is 13.2 Å².